The normalized spacial score (nSPS) is 17.0. The van der Waals surface area contributed by atoms with E-state index in [1.54, 1.807) is 0 Å². The molecule has 1 fully saturated rings. The molecule has 4 N–H and O–H groups in total. The second-order valence-corrected chi connectivity index (χ2v) is 5.41. The lowest BCUT2D eigenvalue weighted by molar-refractivity contribution is 0.318. The maximum Gasteiger partial charge on any atom is 0.170 e. The molecule has 0 heterocycles. The first-order valence-corrected chi connectivity index (χ1v) is 6.99. The van der Waals surface area contributed by atoms with Crippen LogP contribution in [0.5, 0.6) is 0 Å². The summed E-state index contributed by atoms with van der Waals surface area (Å²) >= 11 is 0. The average molecular weight is 261 g/mol. The van der Waals surface area contributed by atoms with Gasteiger partial charge in [-0.25, -0.2) is 0 Å². The molecule has 0 unspecified atom stereocenters. The Balaban J connectivity index is 1.89. The molecule has 0 saturated heterocycles. The van der Waals surface area contributed by atoms with Gasteiger partial charge >= 0.3 is 0 Å². The molecule has 0 bridgehead atoms. The van der Waals surface area contributed by atoms with Crippen LogP contribution in [0.3, 0.4) is 0 Å². The summed E-state index contributed by atoms with van der Waals surface area (Å²) < 4.78 is 0. The molecule has 1 saturated carbocycles. The monoisotopic (exact) mass is 261 g/mol. The lowest BCUT2D eigenvalue weighted by atomic mass is 10.0. The lowest BCUT2D eigenvalue weighted by Gasteiger charge is -2.12. The molecule has 104 valence electrons. The minimum atomic E-state index is 0.161. The molecule has 4 heteroatoms. The van der Waals surface area contributed by atoms with Crippen LogP contribution in [-0.2, 0) is 6.54 Å². The van der Waals surface area contributed by atoms with Crippen LogP contribution in [0.25, 0.3) is 0 Å². The minimum absolute atomic E-state index is 0.161. The van der Waals surface area contributed by atoms with Gasteiger partial charge in [0.25, 0.3) is 0 Å². The highest BCUT2D eigenvalue weighted by molar-refractivity contribution is 5.97. The SMILES string of the molecule is Cc1cc(/C(N)=N/O)ccc1CNCC1CCCC1. The second-order valence-electron chi connectivity index (χ2n) is 5.41. The van der Waals surface area contributed by atoms with Gasteiger partial charge in [-0.1, -0.05) is 30.1 Å². The predicted octanol–water partition coefficient (Wildman–Crippen LogP) is 2.37. The van der Waals surface area contributed by atoms with Crippen LogP contribution in [0.2, 0.25) is 0 Å². The van der Waals surface area contributed by atoms with E-state index in [2.05, 4.69) is 17.4 Å². The van der Waals surface area contributed by atoms with Gasteiger partial charge in [-0.3, -0.25) is 0 Å². The maximum atomic E-state index is 8.66. The van der Waals surface area contributed by atoms with Crippen molar-refractivity contribution in [3.63, 3.8) is 0 Å². The van der Waals surface area contributed by atoms with E-state index in [0.29, 0.717) is 0 Å². The minimum Gasteiger partial charge on any atom is -0.409 e. The van der Waals surface area contributed by atoms with Crippen molar-refractivity contribution in [2.45, 2.75) is 39.2 Å². The van der Waals surface area contributed by atoms with E-state index in [0.717, 1.165) is 24.6 Å². The van der Waals surface area contributed by atoms with Crippen LogP contribution in [0, 0.1) is 12.8 Å². The summed E-state index contributed by atoms with van der Waals surface area (Å²) in [4.78, 5) is 0. The fourth-order valence-electron chi connectivity index (χ4n) is 2.74. The smallest absolute Gasteiger partial charge is 0.170 e. The Morgan fingerprint density at radius 3 is 2.79 bits per heavy atom. The Labute approximate surface area is 114 Å². The van der Waals surface area contributed by atoms with Crippen LogP contribution in [0.1, 0.15) is 42.4 Å². The van der Waals surface area contributed by atoms with Gasteiger partial charge in [-0.05, 0) is 49.4 Å². The molecular formula is C15H23N3O. The van der Waals surface area contributed by atoms with Gasteiger partial charge in [0.2, 0.25) is 0 Å². The molecule has 1 aromatic carbocycles. The Hall–Kier alpha value is -1.55. The van der Waals surface area contributed by atoms with Gasteiger partial charge in [0.05, 0.1) is 0 Å². The van der Waals surface area contributed by atoms with Crippen LogP contribution in [0.4, 0.5) is 0 Å². The summed E-state index contributed by atoms with van der Waals surface area (Å²) in [5.74, 6) is 1.02. The fourth-order valence-corrected chi connectivity index (χ4v) is 2.74. The summed E-state index contributed by atoms with van der Waals surface area (Å²) in [6.07, 6.45) is 5.52. The number of aryl methyl sites for hydroxylation is 1. The van der Waals surface area contributed by atoms with E-state index in [4.69, 9.17) is 10.9 Å². The van der Waals surface area contributed by atoms with Gasteiger partial charge < -0.3 is 16.3 Å². The molecule has 2 rings (SSSR count). The number of benzene rings is 1. The molecule has 0 aromatic heterocycles. The van der Waals surface area contributed by atoms with Crippen molar-refractivity contribution in [1.82, 2.24) is 5.32 Å². The average Bonchev–Trinajstić information content (AvgIpc) is 2.93. The summed E-state index contributed by atoms with van der Waals surface area (Å²) in [5.41, 5.74) is 8.78. The van der Waals surface area contributed by atoms with Crippen molar-refractivity contribution in [3.05, 3.63) is 34.9 Å². The predicted molar refractivity (Wildman–Crippen MR) is 77.4 cm³/mol. The van der Waals surface area contributed by atoms with Crippen LogP contribution in [-0.4, -0.2) is 17.6 Å². The Morgan fingerprint density at radius 1 is 1.42 bits per heavy atom. The molecule has 1 aliphatic carbocycles. The van der Waals surface area contributed by atoms with Crippen molar-refractivity contribution >= 4 is 5.84 Å². The number of nitrogens with one attached hydrogen (secondary N) is 1. The molecule has 1 aliphatic rings. The largest absolute Gasteiger partial charge is 0.409 e. The van der Waals surface area contributed by atoms with E-state index in [9.17, 15) is 0 Å². The second kappa shape index (κ2) is 6.57. The van der Waals surface area contributed by atoms with Crippen LogP contribution < -0.4 is 11.1 Å². The number of oxime groups is 1. The van der Waals surface area contributed by atoms with Crippen molar-refractivity contribution in [2.75, 3.05) is 6.54 Å². The maximum absolute atomic E-state index is 8.66. The Morgan fingerprint density at radius 2 is 2.16 bits per heavy atom. The molecule has 0 amide bonds. The van der Waals surface area contributed by atoms with Crippen molar-refractivity contribution in [3.8, 4) is 0 Å². The third-order valence-corrected chi connectivity index (χ3v) is 3.97. The topological polar surface area (TPSA) is 70.6 Å². The summed E-state index contributed by atoms with van der Waals surface area (Å²) in [7, 11) is 0. The van der Waals surface area contributed by atoms with Crippen molar-refractivity contribution in [2.24, 2.45) is 16.8 Å². The zero-order chi connectivity index (χ0) is 13.7. The molecule has 0 atom stereocenters. The number of rotatable bonds is 5. The highest BCUT2D eigenvalue weighted by Gasteiger charge is 2.14. The third-order valence-electron chi connectivity index (χ3n) is 3.97. The van der Waals surface area contributed by atoms with Gasteiger partial charge in [0.1, 0.15) is 0 Å². The van der Waals surface area contributed by atoms with E-state index in [1.165, 1.54) is 36.8 Å². The quantitative estimate of drug-likeness (QED) is 0.330. The van der Waals surface area contributed by atoms with E-state index < -0.39 is 0 Å². The van der Waals surface area contributed by atoms with Gasteiger partial charge in [-0.2, -0.15) is 0 Å². The summed E-state index contributed by atoms with van der Waals surface area (Å²) in [5, 5.41) is 15.2. The molecule has 1 aromatic rings. The highest BCUT2D eigenvalue weighted by Crippen LogP contribution is 2.23. The molecule has 19 heavy (non-hydrogen) atoms. The van der Waals surface area contributed by atoms with E-state index in [1.807, 2.05) is 18.2 Å². The fraction of sp³-hybridized carbons (Fsp3) is 0.533. The number of amidine groups is 1. The highest BCUT2D eigenvalue weighted by atomic mass is 16.4. The van der Waals surface area contributed by atoms with Crippen molar-refractivity contribution < 1.29 is 5.21 Å². The van der Waals surface area contributed by atoms with Gasteiger partial charge in [-0.15, -0.1) is 0 Å². The van der Waals surface area contributed by atoms with Gasteiger partial charge in [0.15, 0.2) is 5.84 Å². The molecule has 0 spiro atoms. The number of nitrogens with zero attached hydrogens (tertiary/aromatic N) is 1. The van der Waals surface area contributed by atoms with E-state index in [-0.39, 0.29) is 5.84 Å². The summed E-state index contributed by atoms with van der Waals surface area (Å²) in [6, 6.07) is 5.90. The zero-order valence-corrected chi connectivity index (χ0v) is 11.5. The molecular weight excluding hydrogens is 238 g/mol. The third kappa shape index (κ3) is 3.70. The van der Waals surface area contributed by atoms with Crippen LogP contribution in [0.15, 0.2) is 23.4 Å². The Kier molecular flexibility index (Phi) is 4.80. The number of nitrogens with two attached hydrogens (primary N) is 1. The zero-order valence-electron chi connectivity index (χ0n) is 11.5. The first-order chi connectivity index (χ1) is 9.20. The number of hydrogen-bond acceptors (Lipinski definition) is 3. The number of hydrogen-bond donors (Lipinski definition) is 3. The van der Waals surface area contributed by atoms with Gasteiger partial charge in [0, 0.05) is 12.1 Å². The first kappa shape index (κ1) is 13.9. The molecule has 4 nitrogen and oxygen atoms in total. The first-order valence-electron chi connectivity index (χ1n) is 6.99. The van der Waals surface area contributed by atoms with E-state index >= 15 is 0 Å². The molecule has 0 radical (unpaired) electrons. The standard InChI is InChI=1S/C15H23N3O/c1-11-8-13(15(16)18-19)6-7-14(11)10-17-9-12-4-2-3-5-12/h6-8,12,17,19H,2-5,9-10H2,1H3,(H2,16,18). The lowest BCUT2D eigenvalue weighted by Crippen LogP contribution is -2.21. The van der Waals surface area contributed by atoms with Crippen molar-refractivity contribution in [1.29, 1.82) is 0 Å². The molecule has 0 aliphatic heterocycles. The Bertz CT molecular complexity index is 451. The van der Waals surface area contributed by atoms with Crippen LogP contribution >= 0.6 is 0 Å². The summed E-state index contributed by atoms with van der Waals surface area (Å²) in [6.45, 7) is 4.06.